The van der Waals surface area contributed by atoms with Crippen molar-refractivity contribution < 1.29 is 23.2 Å². The van der Waals surface area contributed by atoms with Crippen molar-refractivity contribution in [3.63, 3.8) is 0 Å². The van der Waals surface area contributed by atoms with E-state index < -0.39 is 22.5 Å². The van der Waals surface area contributed by atoms with Crippen LogP contribution in [0.25, 0.3) is 0 Å². The van der Waals surface area contributed by atoms with Gasteiger partial charge in [-0.25, -0.2) is 8.42 Å². The van der Waals surface area contributed by atoms with Crippen molar-refractivity contribution in [3.05, 3.63) is 11.4 Å². The van der Waals surface area contributed by atoms with Crippen molar-refractivity contribution in [1.82, 2.24) is 14.7 Å². The molecule has 1 aromatic heterocycles. The number of nitrogens with one attached hydrogen (secondary N) is 1. The average Bonchev–Trinajstić information content (AvgIpc) is 2.51. The molecule has 0 unspecified atom stereocenters. The standard InChI is InChI=1S/C9H15N3O5S/c1-4-17-11-18(15,16)9-6(2)10-12(7(9)3)5-8(13)14/h11H,4-5H2,1-3H3,(H,13,14). The van der Waals surface area contributed by atoms with Gasteiger partial charge in [0.15, 0.2) is 0 Å². The molecule has 0 amide bonds. The molecule has 0 aromatic carbocycles. The minimum Gasteiger partial charge on any atom is -0.480 e. The topological polar surface area (TPSA) is 111 Å². The smallest absolute Gasteiger partial charge is 0.325 e. The average molecular weight is 277 g/mol. The summed E-state index contributed by atoms with van der Waals surface area (Å²) in [5, 5.41) is 12.6. The second-order valence-corrected chi connectivity index (χ2v) is 5.15. The number of sulfonamides is 1. The fraction of sp³-hybridized carbons (Fsp3) is 0.556. The molecule has 18 heavy (non-hydrogen) atoms. The number of carbonyl (C=O) groups is 1. The van der Waals surface area contributed by atoms with Crippen LogP contribution in [0.15, 0.2) is 4.90 Å². The lowest BCUT2D eigenvalue weighted by atomic mass is 10.4. The summed E-state index contributed by atoms with van der Waals surface area (Å²) in [5.41, 5.74) is 0.475. The van der Waals surface area contributed by atoms with Crippen molar-refractivity contribution in [1.29, 1.82) is 0 Å². The van der Waals surface area contributed by atoms with E-state index in [1.165, 1.54) is 13.8 Å². The molecule has 1 heterocycles. The van der Waals surface area contributed by atoms with Gasteiger partial charge in [0.05, 0.1) is 18.0 Å². The van der Waals surface area contributed by atoms with E-state index in [1.807, 2.05) is 4.89 Å². The number of nitrogens with zero attached hydrogens (tertiary/aromatic N) is 2. The summed E-state index contributed by atoms with van der Waals surface area (Å²) in [7, 11) is -3.85. The van der Waals surface area contributed by atoms with E-state index in [0.717, 1.165) is 4.68 Å². The van der Waals surface area contributed by atoms with Gasteiger partial charge in [-0.2, -0.15) is 5.10 Å². The van der Waals surface area contributed by atoms with Gasteiger partial charge in [-0.1, -0.05) is 4.89 Å². The Bertz CT molecular complexity index is 549. The van der Waals surface area contributed by atoms with E-state index >= 15 is 0 Å². The molecule has 1 aromatic rings. The molecule has 8 nitrogen and oxygen atoms in total. The van der Waals surface area contributed by atoms with Crippen LogP contribution in [0.5, 0.6) is 0 Å². The van der Waals surface area contributed by atoms with Crippen molar-refractivity contribution in [3.8, 4) is 0 Å². The van der Waals surface area contributed by atoms with Crippen LogP contribution in [0, 0.1) is 13.8 Å². The summed E-state index contributed by atoms with van der Waals surface area (Å²) in [6.07, 6.45) is 0. The van der Waals surface area contributed by atoms with Crippen LogP contribution in [0.1, 0.15) is 18.3 Å². The number of hydrogen-bond donors (Lipinski definition) is 2. The minimum absolute atomic E-state index is 0.0581. The highest BCUT2D eigenvalue weighted by molar-refractivity contribution is 7.89. The van der Waals surface area contributed by atoms with Crippen LogP contribution >= 0.6 is 0 Å². The molecular formula is C9H15N3O5S. The van der Waals surface area contributed by atoms with Crippen molar-refractivity contribution in [2.75, 3.05) is 6.61 Å². The SMILES string of the molecule is CCONS(=O)(=O)c1c(C)nn(CC(=O)O)c1C. The number of carboxylic acid groups (broad SMARTS) is 1. The Hall–Kier alpha value is -1.45. The van der Waals surface area contributed by atoms with Crippen molar-refractivity contribution in [2.45, 2.75) is 32.2 Å². The summed E-state index contributed by atoms with van der Waals surface area (Å²) >= 11 is 0. The van der Waals surface area contributed by atoms with E-state index in [2.05, 4.69) is 9.94 Å². The lowest BCUT2D eigenvalue weighted by molar-refractivity contribution is -0.137. The molecule has 102 valence electrons. The zero-order chi connectivity index (χ0) is 13.9. The Morgan fingerprint density at radius 1 is 1.50 bits per heavy atom. The summed E-state index contributed by atoms with van der Waals surface area (Å²) in [6, 6.07) is 0. The molecule has 0 radical (unpaired) electrons. The van der Waals surface area contributed by atoms with Gasteiger partial charge in [-0.15, -0.1) is 0 Å². The molecule has 0 spiro atoms. The van der Waals surface area contributed by atoms with Gasteiger partial charge in [0.2, 0.25) is 0 Å². The monoisotopic (exact) mass is 277 g/mol. The molecule has 0 aliphatic heterocycles. The van der Waals surface area contributed by atoms with Gasteiger partial charge in [0.25, 0.3) is 10.0 Å². The molecule has 0 aliphatic carbocycles. The van der Waals surface area contributed by atoms with Gasteiger partial charge in [-0.05, 0) is 20.8 Å². The van der Waals surface area contributed by atoms with Crippen LogP contribution < -0.4 is 4.89 Å². The Labute approximate surface area is 105 Å². The number of hydrogen-bond acceptors (Lipinski definition) is 5. The Morgan fingerprint density at radius 2 is 2.11 bits per heavy atom. The number of aliphatic carboxylic acids is 1. The van der Waals surface area contributed by atoms with Crippen LogP contribution in [-0.2, 0) is 26.2 Å². The molecule has 0 fully saturated rings. The van der Waals surface area contributed by atoms with E-state index in [9.17, 15) is 13.2 Å². The van der Waals surface area contributed by atoms with Crippen LogP contribution in [-0.4, -0.2) is 35.9 Å². The molecule has 9 heteroatoms. The molecular weight excluding hydrogens is 262 g/mol. The summed E-state index contributed by atoms with van der Waals surface area (Å²) < 4.78 is 24.9. The predicted octanol–water partition coefficient (Wildman–Crippen LogP) is -0.186. The third-order valence-corrected chi connectivity index (χ3v) is 3.65. The zero-order valence-electron chi connectivity index (χ0n) is 10.3. The van der Waals surface area contributed by atoms with Gasteiger partial charge in [0.1, 0.15) is 11.4 Å². The molecule has 0 aliphatic rings. The Balaban J connectivity index is 3.17. The third kappa shape index (κ3) is 3.06. The minimum atomic E-state index is -3.85. The van der Waals surface area contributed by atoms with Crippen LogP contribution in [0.4, 0.5) is 0 Å². The van der Waals surface area contributed by atoms with Crippen LogP contribution in [0.2, 0.25) is 0 Å². The van der Waals surface area contributed by atoms with Gasteiger partial charge in [-0.3, -0.25) is 14.3 Å². The van der Waals surface area contributed by atoms with E-state index in [4.69, 9.17) is 5.11 Å². The molecule has 0 saturated heterocycles. The molecule has 0 saturated carbocycles. The fourth-order valence-corrected chi connectivity index (χ4v) is 2.81. The normalized spacial score (nSPS) is 11.7. The number of aromatic nitrogens is 2. The molecule has 0 atom stereocenters. The lowest BCUT2D eigenvalue weighted by Gasteiger charge is -2.06. The molecule has 1 rings (SSSR count). The maximum absolute atomic E-state index is 11.9. The highest BCUT2D eigenvalue weighted by Crippen LogP contribution is 2.19. The second-order valence-electron chi connectivity index (χ2n) is 3.57. The number of rotatable bonds is 6. The van der Waals surface area contributed by atoms with Gasteiger partial charge in [0, 0.05) is 0 Å². The summed E-state index contributed by atoms with van der Waals surface area (Å²) in [6.45, 7) is 4.41. The fourth-order valence-electron chi connectivity index (χ4n) is 1.53. The summed E-state index contributed by atoms with van der Waals surface area (Å²) in [5.74, 6) is -1.10. The first kappa shape index (κ1) is 14.6. The third-order valence-electron chi connectivity index (χ3n) is 2.18. The maximum atomic E-state index is 11.9. The van der Waals surface area contributed by atoms with Gasteiger partial charge >= 0.3 is 5.97 Å². The first-order valence-corrected chi connectivity index (χ1v) is 6.67. The second kappa shape index (κ2) is 5.46. The first-order chi connectivity index (χ1) is 8.29. The summed E-state index contributed by atoms with van der Waals surface area (Å²) in [4.78, 5) is 17.2. The Morgan fingerprint density at radius 3 is 2.61 bits per heavy atom. The van der Waals surface area contributed by atoms with Crippen molar-refractivity contribution >= 4 is 16.0 Å². The highest BCUT2D eigenvalue weighted by atomic mass is 32.2. The maximum Gasteiger partial charge on any atom is 0.325 e. The van der Waals surface area contributed by atoms with E-state index in [0.29, 0.717) is 0 Å². The number of carboxylic acids is 1. The largest absolute Gasteiger partial charge is 0.480 e. The molecule has 2 N–H and O–H groups in total. The molecule has 0 bridgehead atoms. The lowest BCUT2D eigenvalue weighted by Crippen LogP contribution is -2.25. The zero-order valence-corrected chi connectivity index (χ0v) is 11.1. The Kier molecular flexibility index (Phi) is 4.43. The number of aryl methyl sites for hydroxylation is 1. The van der Waals surface area contributed by atoms with E-state index in [1.54, 1.807) is 6.92 Å². The van der Waals surface area contributed by atoms with Crippen molar-refractivity contribution in [2.24, 2.45) is 0 Å². The highest BCUT2D eigenvalue weighted by Gasteiger charge is 2.25. The quantitative estimate of drug-likeness (QED) is 0.697. The van der Waals surface area contributed by atoms with Gasteiger partial charge < -0.3 is 5.11 Å². The predicted molar refractivity (Wildman–Crippen MR) is 61.3 cm³/mol. The van der Waals surface area contributed by atoms with E-state index in [-0.39, 0.29) is 22.9 Å². The van der Waals surface area contributed by atoms with Crippen LogP contribution in [0.3, 0.4) is 0 Å². The first-order valence-electron chi connectivity index (χ1n) is 5.19.